The minimum atomic E-state index is -0.865. The van der Waals surface area contributed by atoms with Crippen LogP contribution in [0.25, 0.3) is 0 Å². The quantitative estimate of drug-likeness (QED) is 0.543. The number of benzene rings is 1. The van der Waals surface area contributed by atoms with Gasteiger partial charge in [0.05, 0.1) is 5.56 Å². The Bertz CT molecular complexity index is 388. The molecule has 0 fully saturated rings. The van der Waals surface area contributed by atoms with Gasteiger partial charge in [0.15, 0.2) is 0 Å². The van der Waals surface area contributed by atoms with Gasteiger partial charge in [-0.1, -0.05) is 39.0 Å². The highest BCUT2D eigenvalue weighted by molar-refractivity contribution is 5.89. The zero-order valence-electron chi connectivity index (χ0n) is 11.1. The lowest BCUT2D eigenvalue weighted by Crippen LogP contribution is -2.03. The topological polar surface area (TPSA) is 63.3 Å². The summed E-state index contributed by atoms with van der Waals surface area (Å²) in [6, 6.07) is 5.04. The third-order valence-electron chi connectivity index (χ3n) is 3.16. The minimum Gasteiger partial charge on any atom is -0.478 e. The second kappa shape index (κ2) is 7.75. The number of hydrogen-bond acceptors (Lipinski definition) is 2. The summed E-state index contributed by atoms with van der Waals surface area (Å²) in [7, 11) is 0. The van der Waals surface area contributed by atoms with E-state index in [-0.39, 0.29) is 0 Å². The Morgan fingerprint density at radius 2 is 1.83 bits per heavy atom. The predicted molar refractivity (Wildman–Crippen MR) is 74.9 cm³/mol. The molecule has 0 aliphatic heterocycles. The van der Waals surface area contributed by atoms with Crippen LogP contribution < -0.4 is 5.73 Å². The Balaban J connectivity index is 2.45. The van der Waals surface area contributed by atoms with E-state index < -0.39 is 5.97 Å². The van der Waals surface area contributed by atoms with E-state index in [1.807, 2.05) is 0 Å². The molecular formula is C15H23NO2. The number of anilines is 1. The molecule has 0 atom stereocenters. The molecular weight excluding hydrogens is 226 g/mol. The van der Waals surface area contributed by atoms with Gasteiger partial charge in [0.2, 0.25) is 0 Å². The molecule has 3 N–H and O–H groups in total. The lowest BCUT2D eigenvalue weighted by Gasteiger charge is -2.07. The summed E-state index contributed by atoms with van der Waals surface area (Å²) in [4.78, 5) is 11.1. The number of carboxylic acid groups (broad SMARTS) is 1. The molecule has 0 radical (unpaired) electrons. The Hall–Kier alpha value is -1.51. The molecule has 0 bridgehead atoms. The van der Waals surface area contributed by atoms with E-state index in [2.05, 4.69) is 6.92 Å². The maximum absolute atomic E-state index is 11.1. The Morgan fingerprint density at radius 3 is 2.50 bits per heavy atom. The number of aryl methyl sites for hydroxylation is 1. The highest BCUT2D eigenvalue weighted by atomic mass is 16.4. The van der Waals surface area contributed by atoms with Crippen molar-refractivity contribution in [2.24, 2.45) is 0 Å². The van der Waals surface area contributed by atoms with E-state index in [0.717, 1.165) is 24.8 Å². The number of nitrogen functional groups attached to an aromatic ring is 1. The number of rotatable bonds is 8. The minimum absolute atomic E-state index is 0.387. The van der Waals surface area contributed by atoms with Gasteiger partial charge in [-0.2, -0.15) is 0 Å². The second-order valence-electron chi connectivity index (χ2n) is 4.74. The first-order valence-corrected chi connectivity index (χ1v) is 6.77. The van der Waals surface area contributed by atoms with Crippen molar-refractivity contribution in [2.45, 2.75) is 51.9 Å². The van der Waals surface area contributed by atoms with E-state index in [4.69, 9.17) is 10.8 Å². The van der Waals surface area contributed by atoms with E-state index >= 15 is 0 Å². The summed E-state index contributed by atoms with van der Waals surface area (Å²) in [5.41, 5.74) is 7.59. The predicted octanol–water partition coefficient (Wildman–Crippen LogP) is 3.87. The molecule has 100 valence electrons. The van der Waals surface area contributed by atoms with Gasteiger partial charge in [0, 0.05) is 5.69 Å². The van der Waals surface area contributed by atoms with Crippen molar-refractivity contribution in [3.8, 4) is 0 Å². The highest BCUT2D eigenvalue weighted by Crippen LogP contribution is 2.17. The van der Waals surface area contributed by atoms with Crippen LogP contribution in [-0.2, 0) is 6.42 Å². The number of aromatic carboxylic acids is 1. The van der Waals surface area contributed by atoms with Crippen molar-refractivity contribution < 1.29 is 9.90 Å². The Labute approximate surface area is 109 Å². The maximum atomic E-state index is 11.1. The average Bonchev–Trinajstić information content (AvgIpc) is 2.33. The summed E-state index contributed by atoms with van der Waals surface area (Å²) in [6.07, 6.45) is 8.05. The standard InChI is InChI=1S/C15H23NO2/c1-2-3-4-5-6-7-8-12-11-13(16)9-10-14(12)15(17)18/h9-11H,2-8,16H2,1H3,(H,17,18). The molecule has 0 aliphatic rings. The third kappa shape index (κ3) is 4.78. The average molecular weight is 249 g/mol. The summed E-state index contributed by atoms with van der Waals surface area (Å²) in [6.45, 7) is 2.20. The molecule has 0 saturated carbocycles. The van der Waals surface area contributed by atoms with Gasteiger partial charge in [-0.15, -0.1) is 0 Å². The van der Waals surface area contributed by atoms with Crippen LogP contribution in [0.3, 0.4) is 0 Å². The number of carbonyl (C=O) groups is 1. The summed E-state index contributed by atoms with van der Waals surface area (Å²) < 4.78 is 0. The molecule has 1 aromatic carbocycles. The molecule has 1 aromatic rings. The fourth-order valence-electron chi connectivity index (χ4n) is 2.12. The van der Waals surface area contributed by atoms with Gasteiger partial charge in [0.1, 0.15) is 0 Å². The van der Waals surface area contributed by atoms with Gasteiger partial charge >= 0.3 is 5.97 Å². The van der Waals surface area contributed by atoms with Crippen LogP contribution in [0.1, 0.15) is 61.4 Å². The summed E-state index contributed by atoms with van der Waals surface area (Å²) in [5.74, 6) is -0.865. The van der Waals surface area contributed by atoms with Gasteiger partial charge in [-0.25, -0.2) is 4.79 Å². The van der Waals surface area contributed by atoms with Crippen LogP contribution in [0.4, 0.5) is 5.69 Å². The van der Waals surface area contributed by atoms with Crippen molar-refractivity contribution in [2.75, 3.05) is 5.73 Å². The molecule has 0 unspecified atom stereocenters. The van der Waals surface area contributed by atoms with Crippen LogP contribution in [-0.4, -0.2) is 11.1 Å². The van der Waals surface area contributed by atoms with Gasteiger partial charge in [-0.05, 0) is 36.6 Å². The highest BCUT2D eigenvalue weighted by Gasteiger charge is 2.09. The first-order valence-electron chi connectivity index (χ1n) is 6.77. The normalized spacial score (nSPS) is 10.5. The lowest BCUT2D eigenvalue weighted by molar-refractivity contribution is 0.0695. The number of unbranched alkanes of at least 4 members (excludes halogenated alkanes) is 5. The first-order chi connectivity index (χ1) is 8.65. The number of carboxylic acids is 1. The monoisotopic (exact) mass is 249 g/mol. The van der Waals surface area contributed by atoms with E-state index in [1.54, 1.807) is 18.2 Å². The molecule has 3 nitrogen and oxygen atoms in total. The molecule has 18 heavy (non-hydrogen) atoms. The Kier molecular flexibility index (Phi) is 6.26. The molecule has 3 heteroatoms. The largest absolute Gasteiger partial charge is 0.478 e. The molecule has 1 rings (SSSR count). The van der Waals surface area contributed by atoms with Crippen LogP contribution in [0.15, 0.2) is 18.2 Å². The number of hydrogen-bond donors (Lipinski definition) is 2. The van der Waals surface area contributed by atoms with E-state index in [1.165, 1.54) is 25.7 Å². The van der Waals surface area contributed by atoms with Crippen molar-refractivity contribution in [1.82, 2.24) is 0 Å². The second-order valence-corrected chi connectivity index (χ2v) is 4.74. The lowest BCUT2D eigenvalue weighted by atomic mass is 10.00. The van der Waals surface area contributed by atoms with Gasteiger partial charge < -0.3 is 10.8 Å². The maximum Gasteiger partial charge on any atom is 0.335 e. The first kappa shape index (κ1) is 14.6. The van der Waals surface area contributed by atoms with Crippen molar-refractivity contribution >= 4 is 11.7 Å². The zero-order valence-corrected chi connectivity index (χ0v) is 11.1. The van der Waals surface area contributed by atoms with Crippen LogP contribution in [0, 0.1) is 0 Å². The number of nitrogens with two attached hydrogens (primary N) is 1. The summed E-state index contributed by atoms with van der Waals surface area (Å²) in [5, 5.41) is 9.09. The van der Waals surface area contributed by atoms with Crippen LogP contribution in [0.2, 0.25) is 0 Å². The van der Waals surface area contributed by atoms with E-state index in [0.29, 0.717) is 11.3 Å². The zero-order chi connectivity index (χ0) is 13.4. The Morgan fingerprint density at radius 1 is 1.17 bits per heavy atom. The fourth-order valence-corrected chi connectivity index (χ4v) is 2.12. The molecule has 0 aromatic heterocycles. The summed E-state index contributed by atoms with van der Waals surface area (Å²) >= 11 is 0. The smallest absolute Gasteiger partial charge is 0.335 e. The molecule has 0 heterocycles. The fraction of sp³-hybridized carbons (Fsp3) is 0.533. The van der Waals surface area contributed by atoms with Gasteiger partial charge in [0.25, 0.3) is 0 Å². The SMILES string of the molecule is CCCCCCCCc1cc(N)ccc1C(=O)O. The van der Waals surface area contributed by atoms with Crippen LogP contribution in [0.5, 0.6) is 0 Å². The third-order valence-corrected chi connectivity index (χ3v) is 3.16. The van der Waals surface area contributed by atoms with Gasteiger partial charge in [-0.3, -0.25) is 0 Å². The van der Waals surface area contributed by atoms with Crippen molar-refractivity contribution in [3.63, 3.8) is 0 Å². The molecule has 0 aliphatic carbocycles. The molecule has 0 amide bonds. The van der Waals surface area contributed by atoms with Crippen LogP contribution >= 0.6 is 0 Å². The van der Waals surface area contributed by atoms with E-state index in [9.17, 15) is 4.79 Å². The van der Waals surface area contributed by atoms with Crippen molar-refractivity contribution in [3.05, 3.63) is 29.3 Å². The molecule has 0 saturated heterocycles. The molecule has 0 spiro atoms. The van der Waals surface area contributed by atoms with Crippen molar-refractivity contribution in [1.29, 1.82) is 0 Å².